The Hall–Kier alpha value is -1.87. The molecule has 0 saturated carbocycles. The summed E-state index contributed by atoms with van der Waals surface area (Å²) in [5, 5.41) is 11.1. The lowest BCUT2D eigenvalue weighted by atomic mass is 10.0. The van der Waals surface area contributed by atoms with Crippen LogP contribution in [0, 0.1) is 0 Å². The molecule has 0 fully saturated rings. The molecule has 0 aliphatic rings. The highest BCUT2D eigenvalue weighted by Gasteiger charge is 2.28. The van der Waals surface area contributed by atoms with E-state index in [0.717, 1.165) is 0 Å². The molecule has 0 aromatic carbocycles. The molecule has 1 rings (SSSR count). The lowest BCUT2D eigenvalue weighted by Crippen LogP contribution is -2.43. The lowest BCUT2D eigenvalue weighted by Gasteiger charge is -2.24. The molecule has 0 aliphatic carbocycles. The zero-order valence-corrected chi connectivity index (χ0v) is 13.8. The molecule has 1 aromatic rings. The van der Waals surface area contributed by atoms with E-state index < -0.39 is 27.4 Å². The van der Waals surface area contributed by atoms with E-state index >= 15 is 0 Å². The molecule has 1 amide bonds. The molecule has 8 nitrogen and oxygen atoms in total. The van der Waals surface area contributed by atoms with Crippen molar-refractivity contribution in [3.8, 4) is 0 Å². The van der Waals surface area contributed by atoms with Gasteiger partial charge in [0.05, 0.1) is 0 Å². The fraction of sp³-hybridized carbons (Fsp3) is 0.538. The second kappa shape index (κ2) is 6.49. The van der Waals surface area contributed by atoms with Crippen LogP contribution in [0.2, 0.25) is 0 Å². The molecule has 1 aromatic heterocycles. The van der Waals surface area contributed by atoms with Crippen LogP contribution in [0.3, 0.4) is 0 Å². The van der Waals surface area contributed by atoms with Gasteiger partial charge < -0.3 is 15.0 Å². The highest BCUT2D eigenvalue weighted by atomic mass is 32.2. The van der Waals surface area contributed by atoms with Crippen LogP contribution in [0.4, 0.5) is 0 Å². The van der Waals surface area contributed by atoms with Crippen molar-refractivity contribution in [2.45, 2.75) is 37.1 Å². The van der Waals surface area contributed by atoms with Crippen LogP contribution in [0.5, 0.6) is 0 Å². The second-order valence-corrected chi connectivity index (χ2v) is 7.32. The number of aryl methyl sites for hydroxylation is 1. The van der Waals surface area contributed by atoms with Crippen LogP contribution in [0.1, 0.15) is 37.2 Å². The Morgan fingerprint density at radius 3 is 2.45 bits per heavy atom. The Kier molecular flexibility index (Phi) is 5.36. The van der Waals surface area contributed by atoms with Crippen molar-refractivity contribution in [1.29, 1.82) is 0 Å². The number of carbonyl (C=O) groups is 2. The molecule has 0 radical (unpaired) electrons. The van der Waals surface area contributed by atoms with Gasteiger partial charge in [-0.25, -0.2) is 13.1 Å². The second-order valence-electron chi connectivity index (χ2n) is 5.63. The minimum atomic E-state index is -3.85. The van der Waals surface area contributed by atoms with Crippen LogP contribution >= 0.6 is 0 Å². The standard InChI is InChI=1S/C13H21N3O5S/c1-13(2,6-5-11(17)18)15-22(20,21)9-7-10(12(19)14-3)16(4)8-9/h7-8,15H,5-6H2,1-4H3,(H,14,19)(H,17,18). The summed E-state index contributed by atoms with van der Waals surface area (Å²) in [6, 6.07) is 1.27. The van der Waals surface area contributed by atoms with Gasteiger partial charge in [0, 0.05) is 32.3 Å². The topological polar surface area (TPSA) is 118 Å². The van der Waals surface area contributed by atoms with Gasteiger partial charge in [0.2, 0.25) is 10.0 Å². The minimum Gasteiger partial charge on any atom is -0.481 e. The zero-order valence-electron chi connectivity index (χ0n) is 13.0. The van der Waals surface area contributed by atoms with Crippen LogP contribution in [0.15, 0.2) is 17.2 Å². The van der Waals surface area contributed by atoms with Crippen LogP contribution in [-0.4, -0.2) is 42.6 Å². The quantitative estimate of drug-likeness (QED) is 0.664. The molecule has 0 unspecified atom stereocenters. The highest BCUT2D eigenvalue weighted by molar-refractivity contribution is 7.89. The highest BCUT2D eigenvalue weighted by Crippen LogP contribution is 2.19. The molecule has 22 heavy (non-hydrogen) atoms. The maximum atomic E-state index is 12.4. The number of carboxylic acids is 1. The van der Waals surface area contributed by atoms with E-state index in [9.17, 15) is 18.0 Å². The molecule has 9 heteroatoms. The Morgan fingerprint density at radius 1 is 1.36 bits per heavy atom. The molecule has 0 aliphatic heterocycles. The molecule has 0 atom stereocenters. The van der Waals surface area contributed by atoms with Crippen LogP contribution in [0.25, 0.3) is 0 Å². The number of sulfonamides is 1. The SMILES string of the molecule is CNC(=O)c1cc(S(=O)(=O)NC(C)(C)CCC(=O)O)cn1C. The van der Waals surface area contributed by atoms with E-state index in [4.69, 9.17) is 5.11 Å². The zero-order chi connectivity index (χ0) is 17.1. The van der Waals surface area contributed by atoms with Gasteiger partial charge in [-0.05, 0) is 26.3 Å². The molecule has 3 N–H and O–H groups in total. The number of carbonyl (C=O) groups excluding carboxylic acids is 1. The van der Waals surface area contributed by atoms with Crippen molar-refractivity contribution in [2.75, 3.05) is 7.05 Å². The average Bonchev–Trinajstić information content (AvgIpc) is 2.77. The smallest absolute Gasteiger partial charge is 0.303 e. The lowest BCUT2D eigenvalue weighted by molar-refractivity contribution is -0.137. The molecule has 1 heterocycles. The van der Waals surface area contributed by atoms with E-state index in [1.54, 1.807) is 20.9 Å². The van der Waals surface area contributed by atoms with Gasteiger partial charge >= 0.3 is 5.97 Å². The Labute approximate surface area is 129 Å². The molecule has 0 spiro atoms. The molecule has 0 bridgehead atoms. The van der Waals surface area contributed by atoms with Crippen molar-refractivity contribution in [3.63, 3.8) is 0 Å². The number of nitrogens with one attached hydrogen (secondary N) is 2. The van der Waals surface area contributed by atoms with E-state index in [-0.39, 0.29) is 23.4 Å². The minimum absolute atomic E-state index is 0.0444. The number of aliphatic carboxylic acids is 1. The van der Waals surface area contributed by atoms with Crippen LogP contribution in [-0.2, 0) is 21.9 Å². The van der Waals surface area contributed by atoms with Crippen LogP contribution < -0.4 is 10.0 Å². The Bertz CT molecular complexity index is 676. The van der Waals surface area contributed by atoms with Gasteiger partial charge in [0.1, 0.15) is 10.6 Å². The number of hydrogen-bond donors (Lipinski definition) is 3. The number of amides is 1. The first-order valence-electron chi connectivity index (χ1n) is 6.63. The summed E-state index contributed by atoms with van der Waals surface area (Å²) in [7, 11) is -0.829. The number of carboxylic acid groups (broad SMARTS) is 1. The first-order valence-corrected chi connectivity index (χ1v) is 8.11. The third kappa shape index (κ3) is 4.57. The molecule has 0 saturated heterocycles. The first-order chi connectivity index (χ1) is 9.98. The summed E-state index contributed by atoms with van der Waals surface area (Å²) < 4.78 is 28.6. The first kappa shape index (κ1) is 18.2. The summed E-state index contributed by atoms with van der Waals surface area (Å²) in [5.41, 5.74) is -0.702. The number of aromatic nitrogens is 1. The Balaban J connectivity index is 3.00. The summed E-state index contributed by atoms with van der Waals surface area (Å²) in [6.07, 6.45) is 1.34. The van der Waals surface area contributed by atoms with Gasteiger partial charge in [-0.2, -0.15) is 0 Å². The maximum Gasteiger partial charge on any atom is 0.303 e. The van der Waals surface area contributed by atoms with Crippen molar-refractivity contribution in [3.05, 3.63) is 18.0 Å². The molecule has 124 valence electrons. The van der Waals surface area contributed by atoms with E-state index in [1.807, 2.05) is 0 Å². The van der Waals surface area contributed by atoms with Crippen molar-refractivity contribution >= 4 is 21.9 Å². The average molecular weight is 331 g/mol. The number of nitrogens with zero attached hydrogens (tertiary/aromatic N) is 1. The fourth-order valence-electron chi connectivity index (χ4n) is 1.93. The predicted octanol–water partition coefficient (Wildman–Crippen LogP) is 0.306. The summed E-state index contributed by atoms with van der Waals surface area (Å²) >= 11 is 0. The van der Waals surface area contributed by atoms with Crippen molar-refractivity contribution in [2.24, 2.45) is 7.05 Å². The third-order valence-electron chi connectivity index (χ3n) is 3.12. The van der Waals surface area contributed by atoms with Gasteiger partial charge in [-0.1, -0.05) is 0 Å². The fourth-order valence-corrected chi connectivity index (χ4v) is 3.44. The normalized spacial score (nSPS) is 12.2. The van der Waals surface area contributed by atoms with Gasteiger partial charge in [0.15, 0.2) is 0 Å². The number of hydrogen-bond acceptors (Lipinski definition) is 4. The predicted molar refractivity (Wildman–Crippen MR) is 80.1 cm³/mol. The number of rotatable bonds is 7. The largest absolute Gasteiger partial charge is 0.481 e. The van der Waals surface area contributed by atoms with Gasteiger partial charge in [0.25, 0.3) is 5.91 Å². The van der Waals surface area contributed by atoms with Crippen molar-refractivity contribution < 1.29 is 23.1 Å². The van der Waals surface area contributed by atoms with E-state index in [2.05, 4.69) is 10.0 Å². The molecular weight excluding hydrogens is 310 g/mol. The summed E-state index contributed by atoms with van der Waals surface area (Å²) in [6.45, 7) is 3.21. The Morgan fingerprint density at radius 2 is 1.95 bits per heavy atom. The monoisotopic (exact) mass is 331 g/mol. The van der Waals surface area contributed by atoms with E-state index in [0.29, 0.717) is 0 Å². The van der Waals surface area contributed by atoms with Crippen molar-refractivity contribution in [1.82, 2.24) is 14.6 Å². The van der Waals surface area contributed by atoms with Gasteiger partial charge in [-0.15, -0.1) is 0 Å². The maximum absolute atomic E-state index is 12.4. The summed E-state index contributed by atoms with van der Waals surface area (Å²) in [4.78, 5) is 22.2. The van der Waals surface area contributed by atoms with E-state index in [1.165, 1.54) is 23.9 Å². The third-order valence-corrected chi connectivity index (χ3v) is 4.79. The summed E-state index contributed by atoms with van der Waals surface area (Å²) in [5.74, 6) is -1.39. The molecular formula is C13H21N3O5S. The van der Waals surface area contributed by atoms with Gasteiger partial charge in [-0.3, -0.25) is 9.59 Å².